The molecule has 1 aliphatic carbocycles. The topological polar surface area (TPSA) is 74.2 Å². The number of amides is 2. The van der Waals surface area contributed by atoms with Crippen molar-refractivity contribution in [3.63, 3.8) is 0 Å². The molecule has 166 valence electrons. The van der Waals surface area contributed by atoms with E-state index < -0.39 is 6.23 Å². The van der Waals surface area contributed by atoms with Crippen LogP contribution < -0.4 is 5.32 Å². The molecule has 7 nitrogen and oxygen atoms in total. The van der Waals surface area contributed by atoms with E-state index in [9.17, 15) is 9.59 Å². The zero-order valence-electron chi connectivity index (χ0n) is 18.9. The highest BCUT2D eigenvalue weighted by Gasteiger charge is 2.40. The number of thioether (sulfide) groups is 1. The van der Waals surface area contributed by atoms with Crippen LogP contribution in [0.1, 0.15) is 72.6 Å². The Balaban J connectivity index is 2.09. The van der Waals surface area contributed by atoms with Gasteiger partial charge in [0.05, 0.1) is 0 Å². The summed E-state index contributed by atoms with van der Waals surface area (Å²) in [5.74, 6) is 0.320. The molecule has 1 unspecified atom stereocenters. The van der Waals surface area contributed by atoms with Crippen molar-refractivity contribution in [1.82, 2.24) is 15.2 Å². The number of nitrogens with zero attached hydrogens (tertiary/aromatic N) is 3. The van der Waals surface area contributed by atoms with Gasteiger partial charge in [-0.2, -0.15) is 5.01 Å². The molecule has 2 aliphatic rings. The van der Waals surface area contributed by atoms with E-state index in [1.165, 1.54) is 23.2 Å². The van der Waals surface area contributed by atoms with Crippen LogP contribution in [0.15, 0.2) is 5.10 Å². The lowest BCUT2D eigenvalue weighted by molar-refractivity contribution is -0.131. The monoisotopic (exact) mass is 426 g/mol. The normalized spacial score (nSPS) is 20.8. The van der Waals surface area contributed by atoms with Gasteiger partial charge in [-0.3, -0.25) is 4.79 Å². The number of nitrogens with one attached hydrogen (secondary N) is 1. The first-order valence-corrected chi connectivity index (χ1v) is 11.6. The zero-order valence-corrected chi connectivity index (χ0v) is 19.7. The number of carbonyl (C=O) groups excluding carboxylic acids is 2. The summed E-state index contributed by atoms with van der Waals surface area (Å²) >= 11 is 1.46. The van der Waals surface area contributed by atoms with Crippen LogP contribution in [0.4, 0.5) is 4.79 Å². The van der Waals surface area contributed by atoms with Gasteiger partial charge in [-0.1, -0.05) is 44.9 Å². The summed E-state index contributed by atoms with van der Waals surface area (Å²) in [7, 11) is 4.03. The van der Waals surface area contributed by atoms with Gasteiger partial charge in [0.15, 0.2) is 5.78 Å². The SMILES string of the molecule is CC(C)CCC(=O)C1OC(SC(C)(C)CN(C)C)=NN1C(=O)NC1CCCCC1. The standard InChI is InChI=1S/C21H38N4O3S/c1-15(2)12-13-17(26)18-25(19(27)22-16-10-8-7-9-11-16)23-20(28-18)29-21(3,4)14-24(5)6/h15-16,18H,7-14H2,1-6H3,(H,22,27). The lowest BCUT2D eigenvalue weighted by atomic mass is 9.96. The molecule has 2 rings (SSSR count). The van der Waals surface area contributed by atoms with E-state index in [0.717, 1.165) is 38.6 Å². The van der Waals surface area contributed by atoms with E-state index in [1.807, 2.05) is 14.1 Å². The van der Waals surface area contributed by atoms with Gasteiger partial charge < -0.3 is 15.0 Å². The summed E-state index contributed by atoms with van der Waals surface area (Å²) in [6, 6.07) is -0.180. The molecule has 8 heteroatoms. The average Bonchev–Trinajstić information content (AvgIpc) is 3.02. The molecule has 0 spiro atoms. The van der Waals surface area contributed by atoms with E-state index >= 15 is 0 Å². The minimum absolute atomic E-state index is 0.0951. The fraction of sp³-hybridized carbons (Fsp3) is 0.857. The van der Waals surface area contributed by atoms with Crippen LogP contribution in [0.2, 0.25) is 0 Å². The summed E-state index contributed by atoms with van der Waals surface area (Å²) in [6.07, 6.45) is 5.62. The number of ether oxygens (including phenoxy) is 1. The van der Waals surface area contributed by atoms with Gasteiger partial charge in [-0.25, -0.2) is 4.79 Å². The summed E-state index contributed by atoms with van der Waals surface area (Å²) < 4.78 is 5.74. The van der Waals surface area contributed by atoms with E-state index in [1.54, 1.807) is 0 Å². The summed E-state index contributed by atoms with van der Waals surface area (Å²) in [5, 5.41) is 9.09. The molecule has 0 aromatic carbocycles. The Morgan fingerprint density at radius 2 is 1.93 bits per heavy atom. The van der Waals surface area contributed by atoms with Crippen molar-refractivity contribution in [2.75, 3.05) is 20.6 Å². The second-order valence-corrected chi connectivity index (χ2v) is 11.1. The first-order valence-electron chi connectivity index (χ1n) is 10.8. The van der Waals surface area contributed by atoms with Crippen molar-refractivity contribution in [2.45, 2.75) is 89.7 Å². The van der Waals surface area contributed by atoms with Gasteiger partial charge >= 0.3 is 6.03 Å². The van der Waals surface area contributed by atoms with Crippen LogP contribution >= 0.6 is 11.8 Å². The Labute approximate surface area is 180 Å². The summed E-state index contributed by atoms with van der Waals surface area (Å²) in [4.78, 5) is 27.8. The number of hydrogen-bond donors (Lipinski definition) is 1. The van der Waals surface area contributed by atoms with Gasteiger partial charge in [0, 0.05) is 23.8 Å². The molecule has 0 aromatic rings. The van der Waals surface area contributed by atoms with Crippen molar-refractivity contribution >= 4 is 28.8 Å². The summed E-state index contributed by atoms with van der Waals surface area (Å²) in [6.45, 7) is 9.18. The molecule has 1 N–H and O–H groups in total. The maximum atomic E-state index is 12.9. The van der Waals surface area contributed by atoms with Crippen molar-refractivity contribution in [3.8, 4) is 0 Å². The molecule has 0 saturated heterocycles. The fourth-order valence-corrected chi connectivity index (χ4v) is 4.84. The largest absolute Gasteiger partial charge is 0.438 e. The molecule has 2 amide bonds. The van der Waals surface area contributed by atoms with Crippen LogP contribution in [0, 0.1) is 5.92 Å². The Kier molecular flexibility index (Phi) is 8.82. The zero-order chi connectivity index (χ0) is 21.6. The van der Waals surface area contributed by atoms with Gasteiger partial charge in [-0.15, -0.1) is 5.10 Å². The number of urea groups is 1. The van der Waals surface area contributed by atoms with Crippen molar-refractivity contribution in [1.29, 1.82) is 0 Å². The first-order chi connectivity index (χ1) is 13.6. The van der Waals surface area contributed by atoms with E-state index in [-0.39, 0.29) is 22.6 Å². The predicted octanol–water partition coefficient (Wildman–Crippen LogP) is 4.04. The Morgan fingerprint density at radius 3 is 2.52 bits per heavy atom. The molecule has 1 saturated carbocycles. The molecular weight excluding hydrogens is 388 g/mol. The average molecular weight is 427 g/mol. The molecule has 0 aromatic heterocycles. The fourth-order valence-electron chi connectivity index (χ4n) is 3.78. The highest BCUT2D eigenvalue weighted by molar-refractivity contribution is 8.14. The number of rotatable bonds is 8. The Bertz CT molecular complexity index is 601. The van der Waals surface area contributed by atoms with E-state index in [4.69, 9.17) is 4.74 Å². The second-order valence-electron chi connectivity index (χ2n) is 9.46. The maximum absolute atomic E-state index is 12.9. The van der Waals surface area contributed by atoms with Crippen LogP contribution in [0.3, 0.4) is 0 Å². The molecule has 1 heterocycles. The van der Waals surface area contributed by atoms with Gasteiger partial charge in [-0.05, 0) is 53.1 Å². The third-order valence-corrected chi connectivity index (χ3v) is 6.10. The van der Waals surface area contributed by atoms with E-state index in [0.29, 0.717) is 17.6 Å². The Morgan fingerprint density at radius 1 is 1.28 bits per heavy atom. The van der Waals surface area contributed by atoms with E-state index in [2.05, 4.69) is 43.0 Å². The smallest absolute Gasteiger partial charge is 0.341 e. The maximum Gasteiger partial charge on any atom is 0.341 e. The number of hydrogen-bond acceptors (Lipinski definition) is 6. The first kappa shape index (κ1) is 24.0. The minimum atomic E-state index is -0.963. The molecule has 0 radical (unpaired) electrons. The Hall–Kier alpha value is -1.28. The molecule has 0 bridgehead atoms. The number of ketones is 1. The van der Waals surface area contributed by atoms with Crippen molar-refractivity contribution in [2.24, 2.45) is 11.0 Å². The molecule has 1 fully saturated rings. The number of Topliss-reactive ketones (excluding diaryl/α,β-unsaturated/α-hetero) is 1. The molecule has 1 aliphatic heterocycles. The third kappa shape index (κ3) is 7.81. The summed E-state index contributed by atoms with van der Waals surface area (Å²) in [5.41, 5.74) is 0. The lowest BCUT2D eigenvalue weighted by Gasteiger charge is -2.27. The van der Waals surface area contributed by atoms with Crippen LogP contribution in [0.25, 0.3) is 0 Å². The number of carbonyl (C=O) groups is 2. The third-order valence-electron chi connectivity index (χ3n) is 5.07. The quantitative estimate of drug-likeness (QED) is 0.634. The van der Waals surface area contributed by atoms with Crippen molar-refractivity contribution < 1.29 is 14.3 Å². The van der Waals surface area contributed by atoms with Crippen molar-refractivity contribution in [3.05, 3.63) is 0 Å². The second kappa shape index (κ2) is 10.7. The minimum Gasteiger partial charge on any atom is -0.438 e. The van der Waals surface area contributed by atoms with Gasteiger partial charge in [0.1, 0.15) is 0 Å². The molecular formula is C21H38N4O3S. The predicted molar refractivity (Wildman–Crippen MR) is 119 cm³/mol. The van der Waals surface area contributed by atoms with Crippen LogP contribution in [-0.4, -0.2) is 64.6 Å². The molecule has 29 heavy (non-hydrogen) atoms. The van der Waals surface area contributed by atoms with Crippen LogP contribution in [0.5, 0.6) is 0 Å². The lowest BCUT2D eigenvalue weighted by Crippen LogP contribution is -2.48. The van der Waals surface area contributed by atoms with Crippen LogP contribution in [-0.2, 0) is 9.53 Å². The molecule has 1 atom stereocenters. The number of hydrazone groups is 1. The van der Waals surface area contributed by atoms with Gasteiger partial charge in [0.25, 0.3) is 11.5 Å². The highest BCUT2D eigenvalue weighted by atomic mass is 32.2. The highest BCUT2D eigenvalue weighted by Crippen LogP contribution is 2.32. The van der Waals surface area contributed by atoms with Gasteiger partial charge in [0.2, 0.25) is 0 Å².